The number of nitro groups is 1. The first-order valence-electron chi connectivity index (χ1n) is 9.00. The van der Waals surface area contributed by atoms with Gasteiger partial charge in [-0.05, 0) is 37.1 Å². The topological polar surface area (TPSA) is 92.5 Å². The molecule has 8 heteroatoms. The minimum atomic E-state index is -0.451. The van der Waals surface area contributed by atoms with Crippen LogP contribution in [0.2, 0.25) is 0 Å². The standard InChI is InChI=1S/C20H20BrN3O4/c21-17-7-5-15(6-8-17)20(26)23-11-9-14(10-12-23)19(25)22-13-16-3-1-2-4-18(16)24(27)28/h1-8,14H,9-13H2,(H,22,25). The zero-order chi connectivity index (χ0) is 20.1. The Kier molecular flexibility index (Phi) is 6.41. The molecule has 0 aromatic heterocycles. The molecule has 0 aliphatic carbocycles. The number of likely N-dealkylation sites (tertiary alicyclic amines) is 1. The molecule has 1 aliphatic heterocycles. The van der Waals surface area contributed by atoms with E-state index in [4.69, 9.17) is 0 Å². The number of carbonyl (C=O) groups excluding carboxylic acids is 2. The van der Waals surface area contributed by atoms with Crippen molar-refractivity contribution in [2.24, 2.45) is 5.92 Å². The third kappa shape index (κ3) is 4.75. The van der Waals surface area contributed by atoms with Crippen LogP contribution in [0.5, 0.6) is 0 Å². The Bertz CT molecular complexity index is 877. The summed E-state index contributed by atoms with van der Waals surface area (Å²) in [5.41, 5.74) is 1.10. The van der Waals surface area contributed by atoms with E-state index in [9.17, 15) is 19.7 Å². The molecule has 0 saturated carbocycles. The highest BCUT2D eigenvalue weighted by molar-refractivity contribution is 9.10. The molecule has 2 aromatic carbocycles. The molecule has 1 fully saturated rings. The summed E-state index contributed by atoms with van der Waals surface area (Å²) in [7, 11) is 0. The molecule has 2 aromatic rings. The normalized spacial score (nSPS) is 14.5. The largest absolute Gasteiger partial charge is 0.352 e. The second-order valence-corrected chi connectivity index (χ2v) is 7.59. The van der Waals surface area contributed by atoms with Crippen molar-refractivity contribution in [3.8, 4) is 0 Å². The smallest absolute Gasteiger partial charge is 0.274 e. The molecule has 0 bridgehead atoms. The quantitative estimate of drug-likeness (QED) is 0.562. The fraction of sp³-hybridized carbons (Fsp3) is 0.300. The molecule has 3 rings (SSSR count). The minimum Gasteiger partial charge on any atom is -0.352 e. The van der Waals surface area contributed by atoms with Gasteiger partial charge in [0.05, 0.1) is 4.92 Å². The van der Waals surface area contributed by atoms with Crippen molar-refractivity contribution in [1.29, 1.82) is 0 Å². The maximum absolute atomic E-state index is 12.5. The molecule has 0 radical (unpaired) electrons. The Hall–Kier alpha value is -2.74. The molecule has 28 heavy (non-hydrogen) atoms. The van der Waals surface area contributed by atoms with Crippen molar-refractivity contribution in [2.45, 2.75) is 19.4 Å². The van der Waals surface area contributed by atoms with Crippen molar-refractivity contribution in [1.82, 2.24) is 10.2 Å². The van der Waals surface area contributed by atoms with E-state index in [1.165, 1.54) is 6.07 Å². The van der Waals surface area contributed by atoms with E-state index >= 15 is 0 Å². The van der Waals surface area contributed by atoms with Gasteiger partial charge in [0.15, 0.2) is 0 Å². The van der Waals surface area contributed by atoms with E-state index in [0.717, 1.165) is 4.47 Å². The van der Waals surface area contributed by atoms with Crippen molar-refractivity contribution in [3.63, 3.8) is 0 Å². The number of carbonyl (C=O) groups is 2. The van der Waals surface area contributed by atoms with Crippen LogP contribution in [-0.2, 0) is 11.3 Å². The first-order valence-corrected chi connectivity index (χ1v) is 9.80. The average Bonchev–Trinajstić information content (AvgIpc) is 2.72. The fourth-order valence-electron chi connectivity index (χ4n) is 3.28. The lowest BCUT2D eigenvalue weighted by atomic mass is 9.95. The van der Waals surface area contributed by atoms with Crippen LogP contribution in [0.3, 0.4) is 0 Å². The number of hydrogen-bond donors (Lipinski definition) is 1. The summed E-state index contributed by atoms with van der Waals surface area (Å²) in [6, 6.07) is 13.6. The van der Waals surface area contributed by atoms with Gasteiger partial charge < -0.3 is 10.2 Å². The van der Waals surface area contributed by atoms with E-state index in [1.54, 1.807) is 35.2 Å². The fourth-order valence-corrected chi connectivity index (χ4v) is 3.55. The number of benzene rings is 2. The summed E-state index contributed by atoms with van der Waals surface area (Å²) in [6.07, 6.45) is 1.15. The highest BCUT2D eigenvalue weighted by atomic mass is 79.9. The van der Waals surface area contributed by atoms with Gasteiger partial charge in [-0.25, -0.2) is 0 Å². The average molecular weight is 446 g/mol. The monoisotopic (exact) mass is 445 g/mol. The molecule has 2 amide bonds. The summed E-state index contributed by atoms with van der Waals surface area (Å²) in [6.45, 7) is 1.14. The van der Waals surface area contributed by atoms with Gasteiger partial charge in [-0.15, -0.1) is 0 Å². The van der Waals surface area contributed by atoms with Gasteiger partial charge in [-0.3, -0.25) is 19.7 Å². The second kappa shape index (κ2) is 8.97. The van der Waals surface area contributed by atoms with E-state index in [0.29, 0.717) is 37.1 Å². The molecule has 0 unspecified atom stereocenters. The Morgan fingerprint density at radius 2 is 1.75 bits per heavy atom. The molecular weight excluding hydrogens is 426 g/mol. The number of rotatable bonds is 5. The van der Waals surface area contributed by atoms with E-state index in [-0.39, 0.29) is 30.0 Å². The van der Waals surface area contributed by atoms with E-state index in [2.05, 4.69) is 21.2 Å². The number of amides is 2. The molecule has 1 aliphatic rings. The summed E-state index contributed by atoms with van der Waals surface area (Å²) >= 11 is 3.35. The van der Waals surface area contributed by atoms with Gasteiger partial charge in [0.1, 0.15) is 0 Å². The molecule has 1 heterocycles. The number of para-hydroxylation sites is 1. The molecule has 1 N–H and O–H groups in total. The lowest BCUT2D eigenvalue weighted by Crippen LogP contribution is -2.42. The van der Waals surface area contributed by atoms with Gasteiger partial charge in [0.2, 0.25) is 5.91 Å². The molecule has 146 valence electrons. The lowest BCUT2D eigenvalue weighted by molar-refractivity contribution is -0.385. The summed E-state index contributed by atoms with van der Waals surface area (Å²) in [5, 5.41) is 13.9. The van der Waals surface area contributed by atoms with Crippen LogP contribution in [0.25, 0.3) is 0 Å². The Labute approximate surface area is 171 Å². The number of halogens is 1. The number of hydrogen-bond acceptors (Lipinski definition) is 4. The van der Waals surface area contributed by atoms with Gasteiger partial charge in [-0.1, -0.05) is 34.1 Å². The van der Waals surface area contributed by atoms with Crippen molar-refractivity contribution in [2.75, 3.05) is 13.1 Å². The lowest BCUT2D eigenvalue weighted by Gasteiger charge is -2.31. The highest BCUT2D eigenvalue weighted by Gasteiger charge is 2.28. The number of nitro benzene ring substituents is 1. The molecule has 0 spiro atoms. The Balaban J connectivity index is 1.52. The van der Waals surface area contributed by atoms with Crippen molar-refractivity contribution in [3.05, 3.63) is 74.2 Å². The summed E-state index contributed by atoms with van der Waals surface area (Å²) < 4.78 is 0.915. The van der Waals surface area contributed by atoms with Crippen LogP contribution in [-0.4, -0.2) is 34.7 Å². The first kappa shape index (κ1) is 20.0. The van der Waals surface area contributed by atoms with E-state index in [1.807, 2.05) is 12.1 Å². The molecular formula is C20H20BrN3O4. The molecule has 0 atom stereocenters. The summed E-state index contributed by atoms with van der Waals surface area (Å²) in [4.78, 5) is 37.4. The van der Waals surface area contributed by atoms with Crippen LogP contribution >= 0.6 is 15.9 Å². The predicted molar refractivity (Wildman–Crippen MR) is 108 cm³/mol. The maximum atomic E-state index is 12.5. The van der Waals surface area contributed by atoms with Gasteiger partial charge in [0, 0.05) is 47.2 Å². The second-order valence-electron chi connectivity index (χ2n) is 6.68. The predicted octanol–water partition coefficient (Wildman–Crippen LogP) is 3.53. The SMILES string of the molecule is O=C(NCc1ccccc1[N+](=O)[O-])C1CCN(C(=O)c2ccc(Br)cc2)CC1. The highest BCUT2D eigenvalue weighted by Crippen LogP contribution is 2.21. The number of piperidine rings is 1. The minimum absolute atomic E-state index is 0.00212. The molecule has 1 saturated heterocycles. The number of nitrogens with zero attached hydrogens (tertiary/aromatic N) is 2. The maximum Gasteiger partial charge on any atom is 0.274 e. The first-order chi connectivity index (χ1) is 13.5. The van der Waals surface area contributed by atoms with Crippen molar-refractivity contribution < 1.29 is 14.5 Å². The van der Waals surface area contributed by atoms with Crippen LogP contribution < -0.4 is 5.32 Å². The Morgan fingerprint density at radius 3 is 2.39 bits per heavy atom. The zero-order valence-corrected chi connectivity index (χ0v) is 16.7. The zero-order valence-electron chi connectivity index (χ0n) is 15.1. The van der Waals surface area contributed by atoms with Gasteiger partial charge in [0.25, 0.3) is 11.6 Å². The Morgan fingerprint density at radius 1 is 1.11 bits per heavy atom. The van der Waals surface area contributed by atoms with Crippen LogP contribution in [0, 0.1) is 16.0 Å². The number of nitrogens with one attached hydrogen (secondary N) is 1. The molecule has 7 nitrogen and oxygen atoms in total. The van der Waals surface area contributed by atoms with Crippen LogP contribution in [0.15, 0.2) is 53.0 Å². The van der Waals surface area contributed by atoms with Gasteiger partial charge in [-0.2, -0.15) is 0 Å². The van der Waals surface area contributed by atoms with Crippen molar-refractivity contribution >= 4 is 33.4 Å². The van der Waals surface area contributed by atoms with Crippen LogP contribution in [0.1, 0.15) is 28.8 Å². The van der Waals surface area contributed by atoms with Crippen LogP contribution in [0.4, 0.5) is 5.69 Å². The van der Waals surface area contributed by atoms with E-state index < -0.39 is 4.92 Å². The summed E-state index contributed by atoms with van der Waals surface area (Å²) in [5.74, 6) is -0.364. The third-order valence-corrected chi connectivity index (χ3v) is 5.41. The third-order valence-electron chi connectivity index (χ3n) is 4.89. The van der Waals surface area contributed by atoms with Gasteiger partial charge >= 0.3 is 0 Å².